The van der Waals surface area contributed by atoms with Gasteiger partial charge in [0.05, 0.1) is 16.0 Å². The fourth-order valence-electron chi connectivity index (χ4n) is 2.23. The van der Waals surface area contributed by atoms with E-state index >= 15 is 0 Å². The molecule has 0 saturated carbocycles. The Bertz CT molecular complexity index is 847. The SMILES string of the molecule is O=C(NNCCCCC#Cc1cccs1)c1cc(C(F)(F)F)cc(C(F)(F)F)c1. The minimum atomic E-state index is -5.01. The Balaban J connectivity index is 1.85. The smallest absolute Gasteiger partial charge is 0.287 e. The molecule has 156 valence electrons. The predicted octanol–water partition coefficient (Wildman–Crippen LogP) is 5.24. The number of nitrogens with one attached hydrogen (secondary N) is 2. The van der Waals surface area contributed by atoms with E-state index < -0.39 is 35.0 Å². The van der Waals surface area contributed by atoms with E-state index in [0.717, 1.165) is 4.88 Å². The number of unbranched alkanes of at least 4 members (excludes halogenated alkanes) is 2. The molecule has 1 aromatic heterocycles. The number of halogens is 6. The van der Waals surface area contributed by atoms with E-state index in [9.17, 15) is 31.1 Å². The lowest BCUT2D eigenvalue weighted by molar-refractivity contribution is -0.143. The maximum atomic E-state index is 12.8. The molecule has 0 fully saturated rings. The van der Waals surface area contributed by atoms with Gasteiger partial charge in [0.2, 0.25) is 0 Å². The number of thiophene rings is 1. The Morgan fingerprint density at radius 1 is 1.00 bits per heavy atom. The molecular formula is C19H16F6N2OS. The lowest BCUT2D eigenvalue weighted by atomic mass is 10.0. The third-order valence-corrected chi connectivity index (χ3v) is 4.42. The first-order chi connectivity index (χ1) is 13.6. The minimum absolute atomic E-state index is 0.0264. The van der Waals surface area contributed by atoms with Gasteiger partial charge in [-0.05, 0) is 42.5 Å². The molecule has 0 saturated heterocycles. The average molecular weight is 434 g/mol. The number of hydrazine groups is 1. The van der Waals surface area contributed by atoms with Crippen molar-refractivity contribution in [2.45, 2.75) is 31.6 Å². The van der Waals surface area contributed by atoms with Gasteiger partial charge in [-0.15, -0.1) is 11.3 Å². The van der Waals surface area contributed by atoms with E-state index in [4.69, 9.17) is 0 Å². The summed E-state index contributed by atoms with van der Waals surface area (Å²) < 4.78 is 76.9. The number of hydrogen-bond acceptors (Lipinski definition) is 3. The van der Waals surface area contributed by atoms with Crippen molar-refractivity contribution < 1.29 is 31.1 Å². The third-order valence-electron chi connectivity index (χ3n) is 3.64. The van der Waals surface area contributed by atoms with Crippen LogP contribution < -0.4 is 10.9 Å². The van der Waals surface area contributed by atoms with Crippen LogP contribution in [0.5, 0.6) is 0 Å². The van der Waals surface area contributed by atoms with E-state index in [0.29, 0.717) is 31.4 Å². The summed E-state index contributed by atoms with van der Waals surface area (Å²) in [5.74, 6) is 4.89. The molecule has 29 heavy (non-hydrogen) atoms. The standard InChI is InChI=1S/C19H16F6N2OS/c20-18(21,22)14-10-13(11-15(12-14)19(23,24)25)17(28)27-26-8-4-2-1-3-6-16-7-5-9-29-16/h5,7,9-12,26H,1-2,4,8H2,(H,27,28). The second-order valence-electron chi connectivity index (χ2n) is 5.91. The van der Waals surface area contributed by atoms with Gasteiger partial charge in [0, 0.05) is 18.5 Å². The van der Waals surface area contributed by atoms with E-state index in [2.05, 4.69) is 22.7 Å². The second kappa shape index (κ2) is 9.80. The van der Waals surface area contributed by atoms with Crippen LogP contribution in [0, 0.1) is 11.8 Å². The normalized spacial score (nSPS) is 11.7. The lowest BCUT2D eigenvalue weighted by Crippen LogP contribution is -2.38. The Morgan fingerprint density at radius 3 is 2.21 bits per heavy atom. The zero-order valence-electron chi connectivity index (χ0n) is 14.9. The fraction of sp³-hybridized carbons (Fsp3) is 0.316. The van der Waals surface area contributed by atoms with Crippen LogP contribution in [0.3, 0.4) is 0 Å². The molecule has 0 aliphatic carbocycles. The van der Waals surface area contributed by atoms with Crippen LogP contribution in [0.1, 0.15) is 45.6 Å². The molecule has 1 amide bonds. The third kappa shape index (κ3) is 7.44. The molecule has 2 aromatic rings. The highest BCUT2D eigenvalue weighted by atomic mass is 32.1. The number of rotatable bonds is 6. The molecule has 0 radical (unpaired) electrons. The average Bonchev–Trinajstić information content (AvgIpc) is 3.15. The number of amides is 1. The van der Waals surface area contributed by atoms with Crippen molar-refractivity contribution in [3.05, 3.63) is 57.3 Å². The summed E-state index contributed by atoms with van der Waals surface area (Å²) in [5.41, 5.74) is 0.793. The van der Waals surface area contributed by atoms with Gasteiger partial charge in [0.1, 0.15) is 0 Å². The molecule has 1 heterocycles. The van der Waals surface area contributed by atoms with Crippen molar-refractivity contribution in [2.24, 2.45) is 0 Å². The van der Waals surface area contributed by atoms with Crippen molar-refractivity contribution >= 4 is 17.2 Å². The molecule has 3 nitrogen and oxygen atoms in total. The zero-order valence-corrected chi connectivity index (χ0v) is 15.7. The first-order valence-corrected chi connectivity index (χ1v) is 9.30. The zero-order chi connectivity index (χ0) is 21.5. The molecule has 10 heteroatoms. The van der Waals surface area contributed by atoms with Crippen molar-refractivity contribution in [2.75, 3.05) is 6.54 Å². The van der Waals surface area contributed by atoms with Crippen molar-refractivity contribution in [3.63, 3.8) is 0 Å². The molecule has 0 aliphatic rings. The monoisotopic (exact) mass is 434 g/mol. The maximum absolute atomic E-state index is 12.8. The molecule has 2 rings (SSSR count). The summed E-state index contributed by atoms with van der Waals surface area (Å²) in [6, 6.07) is 4.52. The first-order valence-electron chi connectivity index (χ1n) is 8.42. The van der Waals surface area contributed by atoms with Crippen LogP contribution in [0.2, 0.25) is 0 Å². The van der Waals surface area contributed by atoms with Gasteiger partial charge in [-0.25, -0.2) is 5.43 Å². The Morgan fingerprint density at radius 2 is 1.66 bits per heavy atom. The van der Waals surface area contributed by atoms with E-state index in [1.165, 1.54) is 11.3 Å². The summed E-state index contributed by atoms with van der Waals surface area (Å²) in [5, 5.41) is 1.92. The van der Waals surface area contributed by atoms with Crippen molar-refractivity contribution in [1.29, 1.82) is 0 Å². The molecule has 1 aromatic carbocycles. The molecule has 0 spiro atoms. The summed E-state index contributed by atoms with van der Waals surface area (Å²) >= 11 is 1.53. The van der Waals surface area contributed by atoms with Gasteiger partial charge in [0.15, 0.2) is 0 Å². The molecule has 2 N–H and O–H groups in total. The Kier molecular flexibility index (Phi) is 7.70. The summed E-state index contributed by atoms with van der Waals surface area (Å²) in [4.78, 5) is 12.9. The molecule has 0 aliphatic heterocycles. The molecule has 0 bridgehead atoms. The fourth-order valence-corrected chi connectivity index (χ4v) is 2.82. The number of hydrogen-bond donors (Lipinski definition) is 2. The predicted molar refractivity (Wildman–Crippen MR) is 97.0 cm³/mol. The summed E-state index contributed by atoms with van der Waals surface area (Å²) in [7, 11) is 0. The van der Waals surface area contributed by atoms with Crippen molar-refractivity contribution in [1.82, 2.24) is 10.9 Å². The van der Waals surface area contributed by atoms with E-state index in [1.54, 1.807) is 0 Å². The van der Waals surface area contributed by atoms with Gasteiger partial charge in [0.25, 0.3) is 5.91 Å². The highest BCUT2D eigenvalue weighted by Crippen LogP contribution is 2.36. The molecular weight excluding hydrogens is 418 g/mol. The maximum Gasteiger partial charge on any atom is 0.416 e. The molecule has 0 atom stereocenters. The van der Waals surface area contributed by atoms with E-state index in [-0.39, 0.29) is 12.6 Å². The minimum Gasteiger partial charge on any atom is -0.287 e. The lowest BCUT2D eigenvalue weighted by Gasteiger charge is -2.14. The number of alkyl halides is 6. The number of carbonyl (C=O) groups excluding carboxylic acids is 1. The Labute approximate surface area is 167 Å². The topological polar surface area (TPSA) is 41.1 Å². The quantitative estimate of drug-likeness (QED) is 0.283. The van der Waals surface area contributed by atoms with Gasteiger partial charge in [-0.3, -0.25) is 10.2 Å². The van der Waals surface area contributed by atoms with Crippen LogP contribution in [-0.4, -0.2) is 12.5 Å². The largest absolute Gasteiger partial charge is 0.416 e. The summed E-state index contributed by atoms with van der Waals surface area (Å²) in [6.07, 6.45) is -8.07. The second-order valence-corrected chi connectivity index (χ2v) is 6.86. The van der Waals surface area contributed by atoms with Gasteiger partial charge in [-0.1, -0.05) is 17.9 Å². The van der Waals surface area contributed by atoms with E-state index in [1.807, 2.05) is 17.5 Å². The molecule has 0 unspecified atom stereocenters. The van der Waals surface area contributed by atoms with Gasteiger partial charge in [-0.2, -0.15) is 26.3 Å². The van der Waals surface area contributed by atoms with Crippen LogP contribution in [0.25, 0.3) is 0 Å². The first kappa shape index (κ1) is 22.8. The van der Waals surface area contributed by atoms with Crippen LogP contribution in [-0.2, 0) is 12.4 Å². The van der Waals surface area contributed by atoms with Gasteiger partial charge >= 0.3 is 12.4 Å². The van der Waals surface area contributed by atoms with Crippen LogP contribution >= 0.6 is 11.3 Å². The summed E-state index contributed by atoms with van der Waals surface area (Å²) in [6.45, 7) is 0.289. The number of carbonyl (C=O) groups is 1. The highest BCUT2D eigenvalue weighted by Gasteiger charge is 2.37. The van der Waals surface area contributed by atoms with Crippen LogP contribution in [0.15, 0.2) is 35.7 Å². The Hall–Kier alpha value is -2.51. The number of benzene rings is 1. The van der Waals surface area contributed by atoms with Gasteiger partial charge < -0.3 is 0 Å². The van der Waals surface area contributed by atoms with Crippen molar-refractivity contribution in [3.8, 4) is 11.8 Å². The highest BCUT2D eigenvalue weighted by molar-refractivity contribution is 7.10. The van der Waals surface area contributed by atoms with Crippen LogP contribution in [0.4, 0.5) is 26.3 Å².